The number of carbonyl (C=O) groups excluding carboxylic acids is 2. The quantitative estimate of drug-likeness (QED) is 0.827. The zero-order valence-electron chi connectivity index (χ0n) is 12.0. The minimum absolute atomic E-state index is 0.0118. The molecule has 2 amide bonds. The van der Waals surface area contributed by atoms with Crippen molar-refractivity contribution in [3.8, 4) is 0 Å². The number of rotatable bonds is 2. The van der Waals surface area contributed by atoms with Crippen LogP contribution in [0.25, 0.3) is 0 Å². The fourth-order valence-electron chi connectivity index (χ4n) is 3.75. The van der Waals surface area contributed by atoms with Crippen molar-refractivity contribution in [2.75, 3.05) is 19.7 Å². The lowest BCUT2D eigenvalue weighted by Crippen LogP contribution is -2.68. The summed E-state index contributed by atoms with van der Waals surface area (Å²) in [6.45, 7) is 1.55. The molecule has 5 nitrogen and oxygen atoms in total. The highest BCUT2D eigenvalue weighted by atomic mass is 16.5. The Morgan fingerprint density at radius 3 is 2.65 bits per heavy atom. The predicted molar refractivity (Wildman–Crippen MR) is 74.1 cm³/mol. The molecule has 2 saturated heterocycles. The van der Waals surface area contributed by atoms with E-state index in [1.165, 1.54) is 0 Å². The highest BCUT2D eigenvalue weighted by Crippen LogP contribution is 2.32. The van der Waals surface area contributed by atoms with Gasteiger partial charge in [0.05, 0.1) is 12.6 Å². The molecule has 2 heterocycles. The normalized spacial score (nSPS) is 30.4. The van der Waals surface area contributed by atoms with Crippen LogP contribution >= 0.6 is 0 Å². The molecular formula is C15H24N2O3. The van der Waals surface area contributed by atoms with Crippen molar-refractivity contribution in [1.29, 1.82) is 0 Å². The number of piperazine rings is 1. The van der Waals surface area contributed by atoms with Crippen LogP contribution in [-0.4, -0.2) is 48.1 Å². The summed E-state index contributed by atoms with van der Waals surface area (Å²) in [5.74, 6) is 0.105. The number of hydrogen-bond donors (Lipinski definition) is 1. The Balaban J connectivity index is 1.69. The first-order valence-electron chi connectivity index (χ1n) is 7.92. The van der Waals surface area contributed by atoms with Gasteiger partial charge in [-0.2, -0.15) is 0 Å². The number of carbonyl (C=O) groups is 2. The summed E-state index contributed by atoms with van der Waals surface area (Å²) in [5.41, 5.74) is -0.609. The average molecular weight is 280 g/mol. The zero-order valence-corrected chi connectivity index (χ0v) is 12.0. The van der Waals surface area contributed by atoms with E-state index in [4.69, 9.17) is 4.74 Å². The number of nitrogens with one attached hydrogen (secondary N) is 1. The van der Waals surface area contributed by atoms with Crippen LogP contribution in [0.3, 0.4) is 0 Å². The molecule has 0 radical (unpaired) electrons. The Morgan fingerprint density at radius 1 is 1.15 bits per heavy atom. The molecule has 0 aromatic heterocycles. The third kappa shape index (κ3) is 2.68. The van der Waals surface area contributed by atoms with Crippen molar-refractivity contribution in [2.24, 2.45) is 0 Å². The summed E-state index contributed by atoms with van der Waals surface area (Å²) >= 11 is 0. The lowest BCUT2D eigenvalue weighted by Gasteiger charge is -2.45. The molecule has 0 bridgehead atoms. The van der Waals surface area contributed by atoms with Gasteiger partial charge in [-0.05, 0) is 32.1 Å². The van der Waals surface area contributed by atoms with Gasteiger partial charge in [0.1, 0.15) is 5.54 Å². The average Bonchev–Trinajstić information content (AvgIpc) is 2.46. The maximum Gasteiger partial charge on any atom is 0.248 e. The Morgan fingerprint density at radius 2 is 1.95 bits per heavy atom. The summed E-state index contributed by atoms with van der Waals surface area (Å²) in [6, 6.07) is 0. The molecule has 20 heavy (non-hydrogen) atoms. The van der Waals surface area contributed by atoms with E-state index in [9.17, 15) is 9.59 Å². The van der Waals surface area contributed by atoms with E-state index >= 15 is 0 Å². The second kappa shape index (κ2) is 5.72. The van der Waals surface area contributed by atoms with Gasteiger partial charge in [0.15, 0.2) is 0 Å². The van der Waals surface area contributed by atoms with Crippen LogP contribution in [-0.2, 0) is 14.3 Å². The minimum Gasteiger partial charge on any atom is -0.376 e. The van der Waals surface area contributed by atoms with Crippen LogP contribution < -0.4 is 5.32 Å². The Labute approximate surface area is 120 Å². The topological polar surface area (TPSA) is 58.6 Å². The molecule has 0 aromatic rings. The highest BCUT2D eigenvalue weighted by Gasteiger charge is 2.47. The SMILES string of the molecule is O=C1CN(CC2CCCCO2)C(=O)C2(CCCCC2)N1. The maximum atomic E-state index is 12.8. The lowest BCUT2D eigenvalue weighted by molar-refractivity contribution is -0.154. The van der Waals surface area contributed by atoms with Crippen LogP contribution in [0.1, 0.15) is 51.4 Å². The van der Waals surface area contributed by atoms with E-state index in [-0.39, 0.29) is 24.5 Å². The van der Waals surface area contributed by atoms with Crippen molar-refractivity contribution >= 4 is 11.8 Å². The first-order valence-corrected chi connectivity index (χ1v) is 7.92. The molecule has 2 aliphatic heterocycles. The van der Waals surface area contributed by atoms with Crippen LogP contribution in [0, 0.1) is 0 Å². The molecule has 1 unspecified atom stereocenters. The smallest absolute Gasteiger partial charge is 0.248 e. The van der Waals surface area contributed by atoms with Gasteiger partial charge >= 0.3 is 0 Å². The Bertz CT molecular complexity index is 385. The maximum absolute atomic E-state index is 12.8. The van der Waals surface area contributed by atoms with Crippen molar-refractivity contribution < 1.29 is 14.3 Å². The van der Waals surface area contributed by atoms with Crippen LogP contribution in [0.5, 0.6) is 0 Å². The third-order valence-electron chi connectivity index (χ3n) is 4.81. The molecule has 1 N–H and O–H groups in total. The summed E-state index contributed by atoms with van der Waals surface area (Å²) in [7, 11) is 0. The Kier molecular flexibility index (Phi) is 3.96. The van der Waals surface area contributed by atoms with E-state index < -0.39 is 5.54 Å². The van der Waals surface area contributed by atoms with Gasteiger partial charge < -0.3 is 15.0 Å². The number of hydrogen-bond acceptors (Lipinski definition) is 3. The molecule has 3 fully saturated rings. The molecule has 5 heteroatoms. The fourth-order valence-corrected chi connectivity index (χ4v) is 3.75. The number of ether oxygens (including phenoxy) is 1. The van der Waals surface area contributed by atoms with Crippen LogP contribution in [0.4, 0.5) is 0 Å². The second-order valence-corrected chi connectivity index (χ2v) is 6.37. The highest BCUT2D eigenvalue weighted by molar-refractivity contribution is 5.98. The molecule has 1 aliphatic carbocycles. The van der Waals surface area contributed by atoms with Gasteiger partial charge in [0.25, 0.3) is 0 Å². The summed E-state index contributed by atoms with van der Waals surface area (Å²) in [6.07, 6.45) is 8.17. The van der Waals surface area contributed by atoms with Crippen LogP contribution in [0.15, 0.2) is 0 Å². The molecule has 0 aromatic carbocycles. The van der Waals surface area contributed by atoms with Crippen molar-refractivity contribution in [2.45, 2.75) is 63.0 Å². The van der Waals surface area contributed by atoms with Gasteiger partial charge in [-0.15, -0.1) is 0 Å². The fraction of sp³-hybridized carbons (Fsp3) is 0.867. The van der Waals surface area contributed by atoms with E-state index in [0.29, 0.717) is 6.54 Å². The Hall–Kier alpha value is -1.10. The third-order valence-corrected chi connectivity index (χ3v) is 4.81. The zero-order chi connectivity index (χ0) is 14.0. The van der Waals surface area contributed by atoms with Crippen LogP contribution in [0.2, 0.25) is 0 Å². The van der Waals surface area contributed by atoms with E-state index in [2.05, 4.69) is 5.32 Å². The first kappa shape index (κ1) is 13.9. The summed E-state index contributed by atoms with van der Waals surface area (Å²) in [5, 5.41) is 2.98. The van der Waals surface area contributed by atoms with E-state index in [0.717, 1.165) is 58.0 Å². The van der Waals surface area contributed by atoms with Gasteiger partial charge in [0.2, 0.25) is 11.8 Å². The van der Waals surface area contributed by atoms with E-state index in [1.807, 2.05) is 0 Å². The monoisotopic (exact) mass is 280 g/mol. The molecule has 3 rings (SSSR count). The number of amides is 2. The minimum atomic E-state index is -0.609. The second-order valence-electron chi connectivity index (χ2n) is 6.37. The van der Waals surface area contributed by atoms with Crippen molar-refractivity contribution in [3.05, 3.63) is 0 Å². The van der Waals surface area contributed by atoms with Gasteiger partial charge in [0, 0.05) is 13.2 Å². The van der Waals surface area contributed by atoms with Gasteiger partial charge in [-0.25, -0.2) is 0 Å². The van der Waals surface area contributed by atoms with E-state index in [1.54, 1.807) is 4.90 Å². The lowest BCUT2D eigenvalue weighted by atomic mass is 9.79. The molecular weight excluding hydrogens is 256 g/mol. The molecule has 112 valence electrons. The molecule has 1 spiro atoms. The molecule has 1 atom stereocenters. The standard InChI is InChI=1S/C15H24N2O3/c18-13-11-17(10-12-6-2-5-9-20-12)14(19)15(16-13)7-3-1-4-8-15/h12H,1-11H2,(H,16,18). The molecule has 3 aliphatic rings. The van der Waals surface area contributed by atoms with Gasteiger partial charge in [-0.1, -0.05) is 19.3 Å². The largest absolute Gasteiger partial charge is 0.376 e. The summed E-state index contributed by atoms with van der Waals surface area (Å²) in [4.78, 5) is 26.5. The summed E-state index contributed by atoms with van der Waals surface area (Å²) < 4.78 is 5.71. The predicted octanol–water partition coefficient (Wildman–Crippen LogP) is 1.22. The van der Waals surface area contributed by atoms with Crippen molar-refractivity contribution in [3.63, 3.8) is 0 Å². The van der Waals surface area contributed by atoms with Crippen molar-refractivity contribution in [1.82, 2.24) is 10.2 Å². The first-order chi connectivity index (χ1) is 9.70. The van der Waals surface area contributed by atoms with Gasteiger partial charge in [-0.3, -0.25) is 9.59 Å². The molecule has 1 saturated carbocycles. The number of nitrogens with zero attached hydrogens (tertiary/aromatic N) is 1.